The number of aryl methyl sites for hydroxylation is 1. The van der Waals surface area contributed by atoms with Crippen molar-refractivity contribution in [1.29, 1.82) is 0 Å². The van der Waals surface area contributed by atoms with Crippen LogP contribution in [-0.4, -0.2) is 54.2 Å². The van der Waals surface area contributed by atoms with Gasteiger partial charge in [-0.2, -0.15) is 4.98 Å². The van der Waals surface area contributed by atoms with E-state index in [2.05, 4.69) is 34.2 Å². The minimum atomic E-state index is 0.0228. The zero-order valence-corrected chi connectivity index (χ0v) is 17.7. The first-order valence-electron chi connectivity index (χ1n) is 10.5. The molecule has 29 heavy (non-hydrogen) atoms. The van der Waals surface area contributed by atoms with Crippen LogP contribution in [0.25, 0.3) is 11.4 Å². The van der Waals surface area contributed by atoms with E-state index in [0.29, 0.717) is 31.1 Å². The van der Waals surface area contributed by atoms with Crippen LogP contribution in [0.2, 0.25) is 0 Å². The van der Waals surface area contributed by atoms with Crippen LogP contribution in [0.5, 0.6) is 5.75 Å². The second-order valence-electron chi connectivity index (χ2n) is 8.15. The minimum absolute atomic E-state index is 0.0228. The summed E-state index contributed by atoms with van der Waals surface area (Å²) in [5, 5.41) is 6.99. The van der Waals surface area contributed by atoms with Crippen LogP contribution in [0.3, 0.4) is 0 Å². The molecule has 3 rings (SSSR count). The highest BCUT2D eigenvalue weighted by atomic mass is 16.5. The van der Waals surface area contributed by atoms with E-state index in [1.807, 2.05) is 24.3 Å². The highest BCUT2D eigenvalue weighted by Crippen LogP contribution is 2.21. The van der Waals surface area contributed by atoms with E-state index < -0.39 is 0 Å². The fourth-order valence-electron chi connectivity index (χ4n) is 4.03. The molecular formula is C22H32N4O3. The molecule has 0 bridgehead atoms. The summed E-state index contributed by atoms with van der Waals surface area (Å²) < 4.78 is 10.4. The van der Waals surface area contributed by atoms with Gasteiger partial charge in [-0.1, -0.05) is 19.0 Å². The van der Waals surface area contributed by atoms with Crippen LogP contribution in [0.4, 0.5) is 0 Å². The number of amides is 1. The topological polar surface area (TPSA) is 80.5 Å². The summed E-state index contributed by atoms with van der Waals surface area (Å²) in [6.07, 6.45) is 3.09. The molecule has 2 atom stereocenters. The van der Waals surface area contributed by atoms with Crippen molar-refractivity contribution in [3.05, 3.63) is 30.2 Å². The summed E-state index contributed by atoms with van der Waals surface area (Å²) in [7, 11) is 1.63. The molecule has 0 spiro atoms. The Morgan fingerprint density at radius 2 is 1.97 bits per heavy atom. The lowest BCUT2D eigenvalue weighted by Gasteiger charge is -2.34. The molecule has 0 radical (unpaired) electrons. The number of nitrogens with zero attached hydrogens (tertiary/aromatic N) is 3. The van der Waals surface area contributed by atoms with Gasteiger partial charge in [-0.05, 0) is 55.5 Å². The Morgan fingerprint density at radius 3 is 2.66 bits per heavy atom. The maximum Gasteiger partial charge on any atom is 0.227 e. The number of hydrogen-bond acceptors (Lipinski definition) is 6. The molecule has 7 nitrogen and oxygen atoms in total. The number of benzene rings is 1. The van der Waals surface area contributed by atoms with Gasteiger partial charge in [0.2, 0.25) is 17.6 Å². The van der Waals surface area contributed by atoms with E-state index in [1.54, 1.807) is 7.11 Å². The lowest BCUT2D eigenvalue weighted by molar-refractivity contribution is -0.121. The van der Waals surface area contributed by atoms with E-state index in [4.69, 9.17) is 9.26 Å². The van der Waals surface area contributed by atoms with Gasteiger partial charge >= 0.3 is 0 Å². The van der Waals surface area contributed by atoms with Gasteiger partial charge in [0, 0.05) is 38.0 Å². The fraction of sp³-hybridized carbons (Fsp3) is 0.591. The zero-order valence-electron chi connectivity index (χ0n) is 17.7. The molecule has 1 aromatic heterocycles. The highest BCUT2D eigenvalue weighted by Gasteiger charge is 2.21. The fourth-order valence-corrected chi connectivity index (χ4v) is 4.03. The molecule has 1 N–H and O–H groups in total. The minimum Gasteiger partial charge on any atom is -0.497 e. The molecule has 158 valence electrons. The molecule has 1 amide bonds. The van der Waals surface area contributed by atoms with Gasteiger partial charge in [-0.3, -0.25) is 4.79 Å². The van der Waals surface area contributed by atoms with Gasteiger partial charge in [-0.15, -0.1) is 0 Å². The molecule has 1 aromatic carbocycles. The third-order valence-corrected chi connectivity index (χ3v) is 5.30. The predicted molar refractivity (Wildman–Crippen MR) is 112 cm³/mol. The number of hydrogen-bond donors (Lipinski definition) is 1. The Hall–Kier alpha value is -2.41. The van der Waals surface area contributed by atoms with Crippen molar-refractivity contribution in [2.45, 2.75) is 39.5 Å². The van der Waals surface area contributed by atoms with Crippen LogP contribution >= 0.6 is 0 Å². The van der Waals surface area contributed by atoms with Crippen LogP contribution < -0.4 is 10.1 Å². The number of aromatic nitrogens is 2. The lowest BCUT2D eigenvalue weighted by atomic mass is 9.92. The second-order valence-corrected chi connectivity index (χ2v) is 8.15. The molecule has 1 aliphatic rings. The van der Waals surface area contributed by atoms with E-state index in [0.717, 1.165) is 36.1 Å². The van der Waals surface area contributed by atoms with Gasteiger partial charge in [0.05, 0.1) is 7.11 Å². The van der Waals surface area contributed by atoms with E-state index >= 15 is 0 Å². The largest absolute Gasteiger partial charge is 0.497 e. The van der Waals surface area contributed by atoms with E-state index in [9.17, 15) is 4.79 Å². The Morgan fingerprint density at radius 1 is 1.24 bits per heavy atom. The van der Waals surface area contributed by atoms with Gasteiger partial charge in [0.15, 0.2) is 0 Å². The quantitative estimate of drug-likeness (QED) is 0.651. The van der Waals surface area contributed by atoms with Crippen molar-refractivity contribution < 1.29 is 14.1 Å². The molecule has 1 aliphatic heterocycles. The summed E-state index contributed by atoms with van der Waals surface area (Å²) in [6.45, 7) is 8.74. The number of piperidine rings is 1. The molecule has 7 heteroatoms. The summed E-state index contributed by atoms with van der Waals surface area (Å²) in [5.41, 5.74) is 0.853. The number of carbonyl (C=O) groups is 1. The number of carbonyl (C=O) groups excluding carboxylic acids is 1. The van der Waals surface area contributed by atoms with Crippen molar-refractivity contribution in [2.75, 3.05) is 33.3 Å². The monoisotopic (exact) mass is 400 g/mol. The van der Waals surface area contributed by atoms with Crippen molar-refractivity contribution >= 4 is 5.91 Å². The molecule has 1 saturated heterocycles. The highest BCUT2D eigenvalue weighted by molar-refractivity contribution is 5.76. The molecule has 0 saturated carbocycles. The van der Waals surface area contributed by atoms with Crippen LogP contribution in [0, 0.1) is 11.8 Å². The van der Waals surface area contributed by atoms with E-state index in [1.165, 1.54) is 19.5 Å². The van der Waals surface area contributed by atoms with E-state index in [-0.39, 0.29) is 5.91 Å². The van der Waals surface area contributed by atoms with Gasteiger partial charge in [0.1, 0.15) is 5.75 Å². The number of nitrogens with one attached hydrogen (secondary N) is 1. The summed E-state index contributed by atoms with van der Waals surface area (Å²) in [5.74, 6) is 3.33. The number of methoxy groups -OCH3 is 1. The summed E-state index contributed by atoms with van der Waals surface area (Å²) in [4.78, 5) is 19.0. The maximum atomic E-state index is 12.1. The molecule has 2 heterocycles. The SMILES string of the molecule is COc1ccc(-c2noc(CCC(=O)NCCCN3C[C@@H](C)C[C@H](C)C3)n2)cc1. The van der Waals surface area contributed by atoms with Gasteiger partial charge in [-0.25, -0.2) is 0 Å². The summed E-state index contributed by atoms with van der Waals surface area (Å²) >= 11 is 0. The Balaban J connectivity index is 1.35. The molecule has 0 unspecified atom stereocenters. The maximum absolute atomic E-state index is 12.1. The number of rotatable bonds is 9. The van der Waals surface area contributed by atoms with Gasteiger partial charge in [0.25, 0.3) is 0 Å². The first-order chi connectivity index (χ1) is 14.0. The summed E-state index contributed by atoms with van der Waals surface area (Å²) in [6, 6.07) is 7.46. The number of likely N-dealkylation sites (tertiary alicyclic amines) is 1. The Labute approximate surface area is 172 Å². The lowest BCUT2D eigenvalue weighted by Crippen LogP contribution is -2.40. The zero-order chi connectivity index (χ0) is 20.6. The first-order valence-corrected chi connectivity index (χ1v) is 10.5. The third-order valence-electron chi connectivity index (χ3n) is 5.30. The molecular weight excluding hydrogens is 368 g/mol. The molecule has 0 aliphatic carbocycles. The van der Waals surface area contributed by atoms with Crippen LogP contribution in [0.1, 0.15) is 39.0 Å². The normalized spacial score (nSPS) is 19.8. The second kappa shape index (κ2) is 10.4. The van der Waals surface area contributed by atoms with Crippen molar-refractivity contribution in [1.82, 2.24) is 20.4 Å². The van der Waals surface area contributed by atoms with Crippen molar-refractivity contribution in [2.24, 2.45) is 11.8 Å². The standard InChI is InChI=1S/C22H32N4O3/c1-16-13-17(2)15-26(14-16)12-4-11-23-20(27)9-10-21-24-22(25-29-21)18-5-7-19(28-3)8-6-18/h5-8,16-17H,4,9-15H2,1-3H3,(H,23,27)/t16-,17-/m0/s1. The molecule has 1 fully saturated rings. The van der Waals surface area contributed by atoms with Crippen LogP contribution in [0.15, 0.2) is 28.8 Å². The third kappa shape index (κ3) is 6.56. The predicted octanol–water partition coefficient (Wildman–Crippen LogP) is 3.16. The average Bonchev–Trinajstić information content (AvgIpc) is 3.18. The van der Waals surface area contributed by atoms with Crippen molar-refractivity contribution in [3.63, 3.8) is 0 Å². The van der Waals surface area contributed by atoms with Crippen LogP contribution in [-0.2, 0) is 11.2 Å². The van der Waals surface area contributed by atoms with Crippen molar-refractivity contribution in [3.8, 4) is 17.1 Å². The van der Waals surface area contributed by atoms with Gasteiger partial charge < -0.3 is 19.5 Å². The Kier molecular flexibility index (Phi) is 7.63. The average molecular weight is 401 g/mol. The number of ether oxygens (including phenoxy) is 1. The first kappa shape index (κ1) is 21.3. The smallest absolute Gasteiger partial charge is 0.227 e. The Bertz CT molecular complexity index is 765. The molecule has 2 aromatic rings.